The molecule has 178 valence electrons. The lowest BCUT2D eigenvalue weighted by Gasteiger charge is -2.19. The number of aromatic amines is 1. The fourth-order valence-electron chi connectivity index (χ4n) is 3.08. The van der Waals surface area contributed by atoms with E-state index in [0.29, 0.717) is 11.0 Å². The predicted molar refractivity (Wildman–Crippen MR) is 138 cm³/mol. The van der Waals surface area contributed by atoms with E-state index in [4.69, 9.17) is 0 Å². The monoisotopic (exact) mass is 594 g/mol. The molecule has 3 N–H and O–H groups in total. The number of carbonyl (C=O) groups is 2. The van der Waals surface area contributed by atoms with Gasteiger partial charge in [-0.3, -0.25) is 24.8 Å². The molecule has 0 aliphatic rings. The number of nitrogens with one attached hydrogen (secondary N) is 3. The Morgan fingerprint density at radius 3 is 2.68 bits per heavy atom. The van der Waals surface area contributed by atoms with E-state index in [1.807, 2.05) is 39.0 Å². The molecule has 3 aromatic rings. The van der Waals surface area contributed by atoms with Crippen molar-refractivity contribution in [3.8, 4) is 0 Å². The van der Waals surface area contributed by atoms with Crippen LogP contribution in [0.1, 0.15) is 41.6 Å². The molecule has 0 spiro atoms. The molecular formula is C22H23IN6O4S. The largest absolute Gasteiger partial charge is 0.342 e. The van der Waals surface area contributed by atoms with Crippen LogP contribution < -0.4 is 10.6 Å². The van der Waals surface area contributed by atoms with Gasteiger partial charge in [-0.15, -0.1) is 5.10 Å². The Morgan fingerprint density at radius 1 is 1.24 bits per heavy atom. The maximum atomic E-state index is 12.7. The van der Waals surface area contributed by atoms with Crippen LogP contribution in [0.5, 0.6) is 0 Å². The highest BCUT2D eigenvalue weighted by Crippen LogP contribution is 2.23. The first-order chi connectivity index (χ1) is 16.1. The van der Waals surface area contributed by atoms with Crippen LogP contribution in [0.2, 0.25) is 0 Å². The number of benzene rings is 2. The van der Waals surface area contributed by atoms with Gasteiger partial charge in [-0.2, -0.15) is 0 Å². The molecule has 0 aliphatic heterocycles. The van der Waals surface area contributed by atoms with Gasteiger partial charge in [0.1, 0.15) is 5.82 Å². The smallest absolute Gasteiger partial charge is 0.270 e. The fraction of sp³-hybridized carbons (Fsp3) is 0.273. The number of anilines is 1. The number of carbonyl (C=O) groups excluding carboxylic acids is 2. The number of nitrogens with zero attached hydrogens (tertiary/aromatic N) is 3. The molecule has 2 amide bonds. The normalized spacial score (nSPS) is 11.8. The Bertz CT molecular complexity index is 1220. The third-order valence-corrected chi connectivity index (χ3v) is 6.36. The van der Waals surface area contributed by atoms with E-state index in [1.54, 1.807) is 0 Å². The lowest BCUT2D eigenvalue weighted by molar-refractivity contribution is -0.384. The summed E-state index contributed by atoms with van der Waals surface area (Å²) in [5.41, 5.74) is 1.75. The van der Waals surface area contributed by atoms with Gasteiger partial charge in [-0.25, -0.2) is 4.98 Å². The van der Waals surface area contributed by atoms with Crippen LogP contribution in [-0.4, -0.2) is 37.7 Å². The summed E-state index contributed by atoms with van der Waals surface area (Å²) in [4.78, 5) is 39.9. The summed E-state index contributed by atoms with van der Waals surface area (Å²) in [6.45, 7) is 5.75. The van der Waals surface area contributed by atoms with Gasteiger partial charge in [-0.05, 0) is 65.3 Å². The minimum atomic E-state index is -0.549. The molecule has 0 fully saturated rings. The highest BCUT2D eigenvalue weighted by atomic mass is 127. The quantitative estimate of drug-likeness (QED) is 0.143. The molecule has 0 radical (unpaired) electrons. The van der Waals surface area contributed by atoms with Gasteiger partial charge in [0.2, 0.25) is 11.1 Å². The van der Waals surface area contributed by atoms with E-state index in [0.717, 1.165) is 14.8 Å². The zero-order chi connectivity index (χ0) is 24.8. The lowest BCUT2D eigenvalue weighted by atomic mass is 10.0. The Labute approximate surface area is 214 Å². The molecule has 0 bridgehead atoms. The van der Waals surface area contributed by atoms with Crippen LogP contribution in [0.15, 0.2) is 47.6 Å². The first kappa shape index (κ1) is 25.6. The van der Waals surface area contributed by atoms with Crippen molar-refractivity contribution in [3.05, 3.63) is 73.1 Å². The molecule has 0 saturated heterocycles. The van der Waals surface area contributed by atoms with E-state index in [9.17, 15) is 19.7 Å². The number of aromatic nitrogens is 3. The second-order valence-electron chi connectivity index (χ2n) is 7.80. The van der Waals surface area contributed by atoms with E-state index >= 15 is 0 Å². The van der Waals surface area contributed by atoms with Gasteiger partial charge in [0.15, 0.2) is 0 Å². The first-order valence-electron chi connectivity index (χ1n) is 10.3. The van der Waals surface area contributed by atoms with Crippen molar-refractivity contribution in [2.24, 2.45) is 5.92 Å². The Morgan fingerprint density at radius 2 is 2.00 bits per heavy atom. The highest BCUT2D eigenvalue weighted by molar-refractivity contribution is 14.1. The van der Waals surface area contributed by atoms with Crippen molar-refractivity contribution in [1.82, 2.24) is 20.5 Å². The third kappa shape index (κ3) is 6.76. The van der Waals surface area contributed by atoms with Crippen molar-refractivity contribution in [1.29, 1.82) is 0 Å². The number of aryl methyl sites for hydroxylation is 1. The zero-order valence-corrected chi connectivity index (χ0v) is 21.6. The van der Waals surface area contributed by atoms with Crippen molar-refractivity contribution < 1.29 is 14.5 Å². The number of nitro benzene ring substituents is 1. The fourth-order valence-corrected chi connectivity index (χ4v) is 4.33. The number of rotatable bonds is 9. The summed E-state index contributed by atoms with van der Waals surface area (Å²) in [5, 5.41) is 24.1. The molecule has 1 aromatic heterocycles. The summed E-state index contributed by atoms with van der Waals surface area (Å²) >= 11 is 3.39. The topological polar surface area (TPSA) is 143 Å². The SMILES string of the molecule is Cc1cc(I)ccc1NC(=O)CSc1n[nH]c([C@@H](NC(=O)c2cccc([N+](=O)[O-])c2)C(C)C)n1. The van der Waals surface area contributed by atoms with Gasteiger partial charge < -0.3 is 10.6 Å². The standard InChI is InChI=1S/C22H23IN6O4S/c1-12(2)19(25-21(31)14-5-4-6-16(10-14)29(32)33)20-26-22(28-27-20)34-11-18(30)24-17-8-7-15(23)9-13(17)3/h4-10,12,19H,11H2,1-3H3,(H,24,30)(H,25,31)(H,26,27,28)/t19-/m0/s1. The van der Waals surface area contributed by atoms with Gasteiger partial charge >= 0.3 is 0 Å². The second kappa shape index (κ2) is 11.4. The average molecular weight is 594 g/mol. The Kier molecular flexibility index (Phi) is 8.61. The van der Waals surface area contributed by atoms with Crippen molar-refractivity contribution >= 4 is 57.5 Å². The molecule has 3 rings (SSSR count). The first-order valence-corrected chi connectivity index (χ1v) is 12.4. The zero-order valence-electron chi connectivity index (χ0n) is 18.7. The van der Waals surface area contributed by atoms with Gasteiger partial charge in [0.25, 0.3) is 11.6 Å². The molecule has 2 aromatic carbocycles. The van der Waals surface area contributed by atoms with Crippen LogP contribution in [0, 0.1) is 26.5 Å². The summed E-state index contributed by atoms with van der Waals surface area (Å²) in [5.74, 6) is -0.124. The number of nitro groups is 1. The maximum Gasteiger partial charge on any atom is 0.270 e. The minimum absolute atomic E-state index is 0.0411. The number of thioether (sulfide) groups is 1. The number of amides is 2. The van der Waals surface area contributed by atoms with Gasteiger partial charge in [-0.1, -0.05) is 31.7 Å². The van der Waals surface area contributed by atoms with Crippen molar-refractivity contribution in [2.75, 3.05) is 11.1 Å². The minimum Gasteiger partial charge on any atom is -0.342 e. The molecule has 12 heteroatoms. The molecule has 1 heterocycles. The molecular weight excluding hydrogens is 571 g/mol. The summed E-state index contributed by atoms with van der Waals surface area (Å²) in [7, 11) is 0. The Balaban J connectivity index is 1.63. The van der Waals surface area contributed by atoms with Crippen LogP contribution >= 0.6 is 34.4 Å². The molecule has 10 nitrogen and oxygen atoms in total. The van der Waals surface area contributed by atoms with Crippen LogP contribution in [0.4, 0.5) is 11.4 Å². The molecule has 34 heavy (non-hydrogen) atoms. The van der Waals surface area contributed by atoms with E-state index in [1.165, 1.54) is 36.0 Å². The number of hydrogen-bond donors (Lipinski definition) is 3. The van der Waals surface area contributed by atoms with Crippen molar-refractivity contribution in [3.63, 3.8) is 0 Å². The number of halogens is 1. The molecule has 0 saturated carbocycles. The lowest BCUT2D eigenvalue weighted by Crippen LogP contribution is -2.32. The van der Waals surface area contributed by atoms with E-state index in [2.05, 4.69) is 48.4 Å². The molecule has 0 unspecified atom stereocenters. The highest BCUT2D eigenvalue weighted by Gasteiger charge is 2.24. The number of non-ortho nitro benzene ring substituents is 1. The summed E-state index contributed by atoms with van der Waals surface area (Å²) < 4.78 is 1.09. The number of hydrogen-bond acceptors (Lipinski definition) is 7. The summed E-state index contributed by atoms with van der Waals surface area (Å²) in [6.07, 6.45) is 0. The van der Waals surface area contributed by atoms with Gasteiger partial charge in [0, 0.05) is 27.0 Å². The number of H-pyrrole nitrogens is 1. The van der Waals surface area contributed by atoms with Crippen LogP contribution in [0.3, 0.4) is 0 Å². The molecule has 0 aliphatic carbocycles. The summed E-state index contributed by atoms with van der Waals surface area (Å²) in [6, 6.07) is 10.8. The molecule has 1 atom stereocenters. The second-order valence-corrected chi connectivity index (χ2v) is 9.99. The van der Waals surface area contributed by atoms with Gasteiger partial charge in [0.05, 0.1) is 16.7 Å². The van der Waals surface area contributed by atoms with Crippen LogP contribution in [0.25, 0.3) is 0 Å². The van der Waals surface area contributed by atoms with Crippen LogP contribution in [-0.2, 0) is 4.79 Å². The maximum absolute atomic E-state index is 12.7. The third-order valence-electron chi connectivity index (χ3n) is 4.84. The van der Waals surface area contributed by atoms with E-state index < -0.39 is 16.9 Å². The van der Waals surface area contributed by atoms with Crippen molar-refractivity contribution in [2.45, 2.75) is 32.0 Å². The predicted octanol–water partition coefficient (Wildman–Crippen LogP) is 4.48. The average Bonchev–Trinajstić information content (AvgIpc) is 3.26. The van der Waals surface area contributed by atoms with E-state index in [-0.39, 0.29) is 28.8 Å². The Hall–Kier alpha value is -3.00.